The van der Waals surface area contributed by atoms with E-state index < -0.39 is 30.1 Å². The number of carboxylic acid groups (broad SMARTS) is 1. The van der Waals surface area contributed by atoms with E-state index in [1.807, 2.05) is 0 Å². The molecule has 0 bridgehead atoms. The number of carbonyl (C=O) groups is 3. The molecule has 4 N–H and O–H groups in total. The lowest BCUT2D eigenvalue weighted by Gasteiger charge is -2.28. The smallest absolute Gasteiger partial charge is 0.326 e. The summed E-state index contributed by atoms with van der Waals surface area (Å²) in [5.41, 5.74) is 0. The molecule has 1 aliphatic rings. The van der Waals surface area contributed by atoms with Gasteiger partial charge in [0.2, 0.25) is 0 Å². The number of rotatable bonds is 6. The molecule has 3 atom stereocenters. The van der Waals surface area contributed by atoms with Gasteiger partial charge in [-0.2, -0.15) is 0 Å². The Hall–Kier alpha value is -1.83. The van der Waals surface area contributed by atoms with Crippen LogP contribution in [0.15, 0.2) is 0 Å². The largest absolute Gasteiger partial charge is 0.480 e. The van der Waals surface area contributed by atoms with Gasteiger partial charge in [-0.1, -0.05) is 12.8 Å². The molecule has 1 aliphatic carbocycles. The normalized spacial score (nSPS) is 23.0. The van der Waals surface area contributed by atoms with Gasteiger partial charge in [0.25, 0.3) is 0 Å². The average Bonchev–Trinajstić information content (AvgIpc) is 2.45. The summed E-state index contributed by atoms with van der Waals surface area (Å²) in [5.74, 6) is -1.76. The first kappa shape index (κ1) is 17.2. The molecule has 0 aliphatic heterocycles. The van der Waals surface area contributed by atoms with Crippen LogP contribution in [0.4, 0.5) is 4.79 Å². The summed E-state index contributed by atoms with van der Waals surface area (Å²) in [5, 5.41) is 23.6. The van der Waals surface area contributed by atoms with Crippen molar-refractivity contribution in [2.75, 3.05) is 7.11 Å². The zero-order valence-corrected chi connectivity index (χ0v) is 12.0. The molecule has 1 fully saturated rings. The fourth-order valence-corrected chi connectivity index (χ4v) is 2.27. The predicted octanol–water partition coefficient (Wildman–Crippen LogP) is -0.00450. The Labute approximate surface area is 122 Å². The predicted molar refractivity (Wildman–Crippen MR) is 72.6 cm³/mol. The van der Waals surface area contributed by atoms with Gasteiger partial charge in [-0.05, 0) is 19.3 Å². The highest BCUT2D eigenvalue weighted by atomic mass is 16.5. The van der Waals surface area contributed by atoms with Crippen LogP contribution in [0, 0.1) is 0 Å². The third kappa shape index (κ3) is 5.99. The Balaban J connectivity index is 2.44. The third-order valence-electron chi connectivity index (χ3n) is 3.51. The van der Waals surface area contributed by atoms with Crippen LogP contribution in [0.5, 0.6) is 0 Å². The molecule has 0 aromatic carbocycles. The fourth-order valence-electron chi connectivity index (χ4n) is 2.27. The van der Waals surface area contributed by atoms with Crippen molar-refractivity contribution < 1.29 is 29.3 Å². The van der Waals surface area contributed by atoms with Gasteiger partial charge in [-0.15, -0.1) is 0 Å². The van der Waals surface area contributed by atoms with Gasteiger partial charge in [0.1, 0.15) is 6.04 Å². The van der Waals surface area contributed by atoms with E-state index in [9.17, 15) is 19.5 Å². The number of ether oxygens (including phenoxy) is 1. The highest BCUT2D eigenvalue weighted by Gasteiger charge is 2.27. The molecule has 0 spiro atoms. The third-order valence-corrected chi connectivity index (χ3v) is 3.51. The molecule has 0 heterocycles. The summed E-state index contributed by atoms with van der Waals surface area (Å²) >= 11 is 0. The van der Waals surface area contributed by atoms with Crippen molar-refractivity contribution >= 4 is 18.0 Å². The van der Waals surface area contributed by atoms with Gasteiger partial charge in [-0.25, -0.2) is 9.59 Å². The number of urea groups is 1. The summed E-state index contributed by atoms with van der Waals surface area (Å²) in [6, 6.07) is -2.20. The van der Waals surface area contributed by atoms with Gasteiger partial charge < -0.3 is 25.6 Å². The van der Waals surface area contributed by atoms with Gasteiger partial charge in [-0.3, -0.25) is 4.79 Å². The lowest BCUT2D eigenvalue weighted by atomic mass is 9.93. The highest BCUT2D eigenvalue weighted by Crippen LogP contribution is 2.18. The number of amides is 2. The number of carbonyl (C=O) groups excluding carboxylic acids is 2. The lowest BCUT2D eigenvalue weighted by molar-refractivity contribution is -0.142. The van der Waals surface area contributed by atoms with Crippen LogP contribution in [0.2, 0.25) is 0 Å². The molecule has 0 aromatic rings. The minimum atomic E-state index is -1.22. The molecular weight excluding hydrogens is 280 g/mol. The SMILES string of the molecule is COC(=O)CC[C@H](NC(=O)NC1CCCCC1O)C(=O)O. The van der Waals surface area contributed by atoms with Gasteiger partial charge in [0, 0.05) is 6.42 Å². The van der Waals surface area contributed by atoms with Crippen LogP contribution < -0.4 is 10.6 Å². The van der Waals surface area contributed by atoms with Crippen molar-refractivity contribution in [2.24, 2.45) is 0 Å². The Morgan fingerprint density at radius 1 is 1.29 bits per heavy atom. The van der Waals surface area contributed by atoms with Gasteiger partial charge >= 0.3 is 18.0 Å². The van der Waals surface area contributed by atoms with Crippen LogP contribution >= 0.6 is 0 Å². The number of hydrogen-bond acceptors (Lipinski definition) is 5. The summed E-state index contributed by atoms with van der Waals surface area (Å²) in [6.45, 7) is 0. The second-order valence-electron chi connectivity index (χ2n) is 5.08. The van der Waals surface area contributed by atoms with E-state index in [2.05, 4.69) is 15.4 Å². The number of aliphatic hydroxyl groups is 1. The number of aliphatic hydroxyl groups excluding tert-OH is 1. The first-order chi connectivity index (χ1) is 9.93. The topological polar surface area (TPSA) is 125 Å². The molecule has 8 nitrogen and oxygen atoms in total. The number of nitrogens with one attached hydrogen (secondary N) is 2. The Morgan fingerprint density at radius 3 is 2.52 bits per heavy atom. The number of hydrogen-bond donors (Lipinski definition) is 4. The molecule has 0 saturated heterocycles. The molecule has 0 aromatic heterocycles. The second kappa shape index (κ2) is 8.46. The number of aliphatic carboxylic acids is 1. The van der Waals surface area contributed by atoms with Crippen LogP contribution in [-0.2, 0) is 14.3 Å². The molecule has 0 radical (unpaired) electrons. The van der Waals surface area contributed by atoms with Crippen LogP contribution in [-0.4, -0.2) is 53.5 Å². The molecule has 2 amide bonds. The number of methoxy groups -OCH3 is 1. The van der Waals surface area contributed by atoms with E-state index in [1.54, 1.807) is 0 Å². The summed E-state index contributed by atoms with van der Waals surface area (Å²) in [7, 11) is 1.21. The minimum Gasteiger partial charge on any atom is -0.480 e. The molecule has 120 valence electrons. The number of esters is 1. The summed E-state index contributed by atoms with van der Waals surface area (Å²) < 4.78 is 4.43. The molecule has 8 heteroatoms. The quantitative estimate of drug-likeness (QED) is 0.512. The molecule has 1 saturated carbocycles. The van der Waals surface area contributed by atoms with Crippen molar-refractivity contribution in [2.45, 2.75) is 56.7 Å². The van der Waals surface area contributed by atoms with Gasteiger partial charge in [0.15, 0.2) is 0 Å². The average molecular weight is 302 g/mol. The maximum atomic E-state index is 11.8. The molecular formula is C13H22N2O6. The number of carboxylic acids is 1. The van der Waals surface area contributed by atoms with E-state index in [4.69, 9.17) is 5.11 Å². The Bertz CT molecular complexity index is 387. The maximum Gasteiger partial charge on any atom is 0.326 e. The van der Waals surface area contributed by atoms with Crippen molar-refractivity contribution in [3.8, 4) is 0 Å². The second-order valence-corrected chi connectivity index (χ2v) is 5.08. The lowest BCUT2D eigenvalue weighted by Crippen LogP contribution is -2.52. The standard InChI is InChI=1S/C13H22N2O6/c1-21-11(17)7-6-9(12(18)19)15-13(20)14-8-4-2-3-5-10(8)16/h8-10,16H,2-7H2,1H3,(H,18,19)(H2,14,15,20)/t8?,9-,10?/m0/s1. The molecule has 2 unspecified atom stereocenters. The van der Waals surface area contributed by atoms with Crippen molar-refractivity contribution in [1.29, 1.82) is 0 Å². The van der Waals surface area contributed by atoms with E-state index in [-0.39, 0.29) is 18.9 Å². The van der Waals surface area contributed by atoms with Crippen LogP contribution in [0.3, 0.4) is 0 Å². The Morgan fingerprint density at radius 2 is 1.95 bits per heavy atom. The van der Waals surface area contributed by atoms with E-state index >= 15 is 0 Å². The van der Waals surface area contributed by atoms with Crippen LogP contribution in [0.25, 0.3) is 0 Å². The first-order valence-corrected chi connectivity index (χ1v) is 6.98. The highest BCUT2D eigenvalue weighted by molar-refractivity contribution is 5.83. The Kier molecular flexibility index (Phi) is 6.93. The monoisotopic (exact) mass is 302 g/mol. The molecule has 1 rings (SSSR count). The van der Waals surface area contributed by atoms with E-state index in [0.29, 0.717) is 12.8 Å². The molecule has 21 heavy (non-hydrogen) atoms. The van der Waals surface area contributed by atoms with Gasteiger partial charge in [0.05, 0.1) is 19.3 Å². The zero-order chi connectivity index (χ0) is 15.8. The van der Waals surface area contributed by atoms with Crippen molar-refractivity contribution in [3.63, 3.8) is 0 Å². The van der Waals surface area contributed by atoms with Crippen molar-refractivity contribution in [1.82, 2.24) is 10.6 Å². The van der Waals surface area contributed by atoms with Crippen LogP contribution in [0.1, 0.15) is 38.5 Å². The zero-order valence-electron chi connectivity index (χ0n) is 12.0. The summed E-state index contributed by atoms with van der Waals surface area (Å²) in [4.78, 5) is 33.8. The fraction of sp³-hybridized carbons (Fsp3) is 0.769. The van der Waals surface area contributed by atoms with Crippen molar-refractivity contribution in [3.05, 3.63) is 0 Å². The summed E-state index contributed by atoms with van der Waals surface area (Å²) in [6.07, 6.45) is 2.35. The minimum absolute atomic E-state index is 0.0529. The van der Waals surface area contributed by atoms with E-state index in [1.165, 1.54) is 7.11 Å². The first-order valence-electron chi connectivity index (χ1n) is 6.98. The maximum absolute atomic E-state index is 11.8. The van der Waals surface area contributed by atoms with E-state index in [0.717, 1.165) is 12.8 Å².